The number of rotatable bonds is 6. The van der Waals surface area contributed by atoms with Gasteiger partial charge in [0.15, 0.2) is 12.1 Å². The maximum Gasteiger partial charge on any atom is 0.263 e. The van der Waals surface area contributed by atoms with E-state index in [9.17, 15) is 14.4 Å². The summed E-state index contributed by atoms with van der Waals surface area (Å²) in [5, 5.41) is 12.1. The fourth-order valence-corrected chi connectivity index (χ4v) is 3.95. The Hall–Kier alpha value is -3.46. The zero-order valence-electron chi connectivity index (χ0n) is 17.8. The van der Waals surface area contributed by atoms with E-state index < -0.39 is 23.9 Å². The number of nitrogens with one attached hydrogen (secondary N) is 1. The lowest BCUT2D eigenvalue weighted by Crippen LogP contribution is -2.43. The topological polar surface area (TPSA) is 104 Å². The van der Waals surface area contributed by atoms with Crippen LogP contribution in [0.1, 0.15) is 25.3 Å². The third-order valence-corrected chi connectivity index (χ3v) is 5.71. The first kappa shape index (κ1) is 21.8. The van der Waals surface area contributed by atoms with E-state index in [1.54, 1.807) is 12.1 Å². The zero-order valence-corrected chi connectivity index (χ0v) is 18.5. The third-order valence-electron chi connectivity index (χ3n) is 5.42. The van der Waals surface area contributed by atoms with Gasteiger partial charge in [0.1, 0.15) is 12.3 Å². The van der Waals surface area contributed by atoms with Crippen LogP contribution in [0.15, 0.2) is 52.8 Å². The Morgan fingerprint density at radius 1 is 1.16 bits per heavy atom. The van der Waals surface area contributed by atoms with Gasteiger partial charge in [-0.2, -0.15) is 5.11 Å². The van der Waals surface area contributed by atoms with Crippen LogP contribution in [-0.2, 0) is 14.4 Å². The number of benzene rings is 2. The van der Waals surface area contributed by atoms with Crippen molar-refractivity contribution >= 4 is 40.7 Å². The highest BCUT2D eigenvalue weighted by Crippen LogP contribution is 2.35. The molecule has 0 saturated carbocycles. The standard InChI is InChI=1S/C22H22ClN5O4/c1-12(2)13-4-6-14(7-5-13)24-18(29)11-27-20-19(25-26-27)21(30)28(22(20)31)15-8-9-17(32-3)16(23)10-15/h4-10,12,19-20H,11H2,1-3H3,(H,24,29)/t19-,20+/m1/s1. The number of halogens is 1. The van der Waals surface area contributed by atoms with Crippen molar-refractivity contribution in [2.75, 3.05) is 23.9 Å². The molecule has 2 aromatic rings. The molecular weight excluding hydrogens is 434 g/mol. The SMILES string of the molecule is COc1ccc(N2C(=O)[C@@H]3[C@@H](N=NN3CC(=O)Nc3ccc(C(C)C)cc3)C2=O)cc1Cl. The first-order chi connectivity index (χ1) is 15.3. The second-order valence-electron chi connectivity index (χ2n) is 7.85. The number of carbonyl (C=O) groups is 3. The maximum atomic E-state index is 13.1. The molecule has 0 spiro atoms. The molecule has 166 valence electrons. The van der Waals surface area contributed by atoms with Gasteiger partial charge in [-0.05, 0) is 41.8 Å². The summed E-state index contributed by atoms with van der Waals surface area (Å²) in [6.07, 6.45) is 0. The Morgan fingerprint density at radius 2 is 1.88 bits per heavy atom. The molecular formula is C22H22ClN5O4. The number of amides is 3. The lowest BCUT2D eigenvalue weighted by Gasteiger charge is -2.20. The molecule has 2 heterocycles. The van der Waals surface area contributed by atoms with Crippen LogP contribution in [0.5, 0.6) is 5.75 Å². The van der Waals surface area contributed by atoms with Crippen LogP contribution in [-0.4, -0.2) is 48.5 Å². The van der Waals surface area contributed by atoms with E-state index in [1.165, 1.54) is 18.2 Å². The molecule has 0 aliphatic carbocycles. The van der Waals surface area contributed by atoms with Gasteiger partial charge in [-0.25, -0.2) is 4.90 Å². The second-order valence-corrected chi connectivity index (χ2v) is 8.25. The molecule has 1 fully saturated rings. The van der Waals surface area contributed by atoms with Crippen LogP contribution in [0.25, 0.3) is 0 Å². The van der Waals surface area contributed by atoms with Gasteiger partial charge in [0, 0.05) is 5.69 Å². The van der Waals surface area contributed by atoms with E-state index in [0.29, 0.717) is 23.0 Å². The highest BCUT2D eigenvalue weighted by atomic mass is 35.5. The van der Waals surface area contributed by atoms with E-state index in [0.717, 1.165) is 10.5 Å². The summed E-state index contributed by atoms with van der Waals surface area (Å²) < 4.78 is 5.11. The van der Waals surface area contributed by atoms with Gasteiger partial charge in [-0.15, -0.1) is 0 Å². The first-order valence-corrected chi connectivity index (χ1v) is 10.5. The Morgan fingerprint density at radius 3 is 2.50 bits per heavy atom. The first-order valence-electron chi connectivity index (χ1n) is 10.1. The lowest BCUT2D eigenvalue weighted by atomic mass is 10.0. The molecule has 1 saturated heterocycles. The average molecular weight is 456 g/mol. The number of hydrogen-bond donors (Lipinski definition) is 1. The Balaban J connectivity index is 1.46. The van der Waals surface area contributed by atoms with E-state index in [1.807, 2.05) is 24.3 Å². The van der Waals surface area contributed by atoms with E-state index in [4.69, 9.17) is 16.3 Å². The number of anilines is 2. The molecule has 4 rings (SSSR count). The van der Waals surface area contributed by atoms with Crippen molar-refractivity contribution < 1.29 is 19.1 Å². The predicted octanol–water partition coefficient (Wildman–Crippen LogP) is 3.40. The number of fused-ring (bicyclic) bond motifs is 1. The largest absolute Gasteiger partial charge is 0.495 e. The van der Waals surface area contributed by atoms with Gasteiger partial charge in [0.05, 0.1) is 17.8 Å². The van der Waals surface area contributed by atoms with Crippen molar-refractivity contribution in [2.24, 2.45) is 10.3 Å². The fourth-order valence-electron chi connectivity index (χ4n) is 3.70. The number of hydrogen-bond acceptors (Lipinski definition) is 7. The summed E-state index contributed by atoms with van der Waals surface area (Å²) in [5.74, 6) is -0.587. The van der Waals surface area contributed by atoms with Gasteiger partial charge in [0.2, 0.25) is 5.91 Å². The molecule has 9 nitrogen and oxygen atoms in total. The fraction of sp³-hybridized carbons (Fsp3) is 0.318. The minimum Gasteiger partial charge on any atom is -0.495 e. The zero-order chi connectivity index (χ0) is 23.0. The van der Waals surface area contributed by atoms with Crippen LogP contribution in [0, 0.1) is 0 Å². The molecule has 32 heavy (non-hydrogen) atoms. The highest BCUT2D eigenvalue weighted by Gasteiger charge is 2.55. The summed E-state index contributed by atoms with van der Waals surface area (Å²) in [4.78, 5) is 39.4. The Bertz CT molecular complexity index is 1100. The highest BCUT2D eigenvalue weighted by molar-refractivity contribution is 6.33. The van der Waals surface area contributed by atoms with Gasteiger partial charge in [-0.3, -0.25) is 19.4 Å². The third kappa shape index (κ3) is 3.91. The quantitative estimate of drug-likeness (QED) is 0.672. The summed E-state index contributed by atoms with van der Waals surface area (Å²) in [7, 11) is 1.47. The number of nitrogens with zero attached hydrogens (tertiary/aromatic N) is 4. The van der Waals surface area contributed by atoms with Crippen LogP contribution in [0.4, 0.5) is 11.4 Å². The second kappa shape index (κ2) is 8.58. The number of ether oxygens (including phenoxy) is 1. The lowest BCUT2D eigenvalue weighted by molar-refractivity contribution is -0.123. The van der Waals surface area contributed by atoms with Gasteiger partial charge in [-0.1, -0.05) is 42.8 Å². The molecule has 0 unspecified atom stereocenters. The molecule has 2 aliphatic rings. The van der Waals surface area contributed by atoms with Crippen LogP contribution in [0.3, 0.4) is 0 Å². The minimum atomic E-state index is -0.999. The molecule has 3 amide bonds. The van der Waals surface area contributed by atoms with E-state index >= 15 is 0 Å². The van der Waals surface area contributed by atoms with Crippen LogP contribution >= 0.6 is 11.6 Å². The van der Waals surface area contributed by atoms with Crippen LogP contribution in [0.2, 0.25) is 5.02 Å². The van der Waals surface area contributed by atoms with Gasteiger partial charge < -0.3 is 10.1 Å². The van der Waals surface area contributed by atoms with Crippen molar-refractivity contribution in [1.82, 2.24) is 5.01 Å². The summed E-state index contributed by atoms with van der Waals surface area (Å²) in [6.45, 7) is 3.96. The van der Waals surface area contributed by atoms with Crippen molar-refractivity contribution in [3.8, 4) is 5.75 Å². The maximum absolute atomic E-state index is 13.1. The molecule has 0 radical (unpaired) electrons. The predicted molar refractivity (Wildman–Crippen MR) is 119 cm³/mol. The van der Waals surface area contributed by atoms with E-state index in [-0.39, 0.29) is 17.5 Å². The average Bonchev–Trinajstić information content (AvgIpc) is 3.27. The molecule has 0 aromatic heterocycles. The molecule has 2 aromatic carbocycles. The molecule has 0 bridgehead atoms. The molecule has 2 aliphatic heterocycles. The van der Waals surface area contributed by atoms with Crippen LogP contribution < -0.4 is 15.0 Å². The van der Waals surface area contributed by atoms with E-state index in [2.05, 4.69) is 29.5 Å². The smallest absolute Gasteiger partial charge is 0.263 e. The molecule has 2 atom stereocenters. The summed E-state index contributed by atoms with van der Waals surface area (Å²) >= 11 is 6.15. The molecule has 1 N–H and O–H groups in total. The minimum absolute atomic E-state index is 0.215. The molecule has 10 heteroatoms. The number of methoxy groups -OCH3 is 1. The summed E-state index contributed by atoms with van der Waals surface area (Å²) in [6, 6.07) is 10.2. The number of imide groups is 1. The Kier molecular flexibility index (Phi) is 5.84. The van der Waals surface area contributed by atoms with Crippen molar-refractivity contribution in [3.05, 3.63) is 53.1 Å². The summed E-state index contributed by atoms with van der Waals surface area (Å²) in [5.41, 5.74) is 2.11. The number of carbonyl (C=O) groups excluding carboxylic acids is 3. The monoisotopic (exact) mass is 455 g/mol. The van der Waals surface area contributed by atoms with Gasteiger partial charge >= 0.3 is 0 Å². The van der Waals surface area contributed by atoms with Crippen molar-refractivity contribution in [1.29, 1.82) is 0 Å². The van der Waals surface area contributed by atoms with Crippen molar-refractivity contribution in [2.45, 2.75) is 31.8 Å². The Labute approximate surface area is 190 Å². The van der Waals surface area contributed by atoms with Crippen molar-refractivity contribution in [3.63, 3.8) is 0 Å². The normalized spacial score (nSPS) is 19.7. The van der Waals surface area contributed by atoms with Gasteiger partial charge in [0.25, 0.3) is 11.8 Å².